The fourth-order valence-corrected chi connectivity index (χ4v) is 7.95. The molecule has 0 amide bonds. The van der Waals surface area contributed by atoms with Gasteiger partial charge in [-0.1, -0.05) is 24.3 Å². The highest BCUT2D eigenvalue weighted by Crippen LogP contribution is 2.44. The molecule has 202 valence electrons. The fraction of sp³-hybridized carbons (Fsp3) is 0.0714. The molecule has 4 heterocycles. The summed E-state index contributed by atoms with van der Waals surface area (Å²) < 4.78 is 77.2. The van der Waals surface area contributed by atoms with Crippen molar-refractivity contribution in [3.8, 4) is 50.4 Å². The first-order chi connectivity index (χ1) is 19.0. The zero-order valence-corrected chi connectivity index (χ0v) is 23.1. The third-order valence-electron chi connectivity index (χ3n) is 5.87. The van der Waals surface area contributed by atoms with E-state index in [0.717, 1.165) is 53.5 Å². The predicted molar refractivity (Wildman–Crippen MR) is 151 cm³/mol. The van der Waals surface area contributed by atoms with Gasteiger partial charge in [0.05, 0.1) is 20.9 Å². The third-order valence-corrected chi connectivity index (χ3v) is 10.7. The highest BCUT2D eigenvalue weighted by molar-refractivity contribution is 7.29. The van der Waals surface area contributed by atoms with E-state index in [2.05, 4.69) is 9.97 Å². The lowest BCUT2D eigenvalue weighted by molar-refractivity contribution is -0.138. The van der Waals surface area contributed by atoms with Crippen LogP contribution in [0.15, 0.2) is 85.2 Å². The molecule has 0 unspecified atom stereocenters. The van der Waals surface area contributed by atoms with Crippen LogP contribution in [0.3, 0.4) is 0 Å². The fourth-order valence-electron chi connectivity index (χ4n) is 3.85. The highest BCUT2D eigenvalue weighted by Gasteiger charge is 2.31. The summed E-state index contributed by atoms with van der Waals surface area (Å²) >= 11 is 6.03. The number of hydrogen-bond acceptors (Lipinski definition) is 6. The van der Waals surface area contributed by atoms with Crippen LogP contribution in [-0.4, -0.2) is 9.97 Å². The lowest BCUT2D eigenvalue weighted by Gasteiger charge is -2.06. The topological polar surface area (TPSA) is 25.8 Å². The van der Waals surface area contributed by atoms with Crippen LogP contribution in [0.1, 0.15) is 11.1 Å². The Hall–Kier alpha value is -3.32. The molecule has 0 atom stereocenters. The molecule has 2 nitrogen and oxygen atoms in total. The van der Waals surface area contributed by atoms with E-state index in [0.29, 0.717) is 21.1 Å². The van der Waals surface area contributed by atoms with Crippen LogP contribution >= 0.6 is 45.3 Å². The first-order valence-electron chi connectivity index (χ1n) is 11.5. The van der Waals surface area contributed by atoms with Gasteiger partial charge in [0.15, 0.2) is 0 Å². The lowest BCUT2D eigenvalue weighted by Crippen LogP contribution is -2.03. The maximum Gasteiger partial charge on any atom is 0.416 e. The molecular weight excluding hydrogens is 607 g/mol. The summed E-state index contributed by atoms with van der Waals surface area (Å²) in [5.41, 5.74) is -0.130. The van der Waals surface area contributed by atoms with Gasteiger partial charge in [-0.25, -0.2) is 9.97 Å². The number of rotatable bonds is 5. The van der Waals surface area contributed by atoms with E-state index in [1.54, 1.807) is 35.1 Å². The maximum atomic E-state index is 12.9. The summed E-state index contributed by atoms with van der Waals surface area (Å²) in [6.07, 6.45) is -5.30. The average molecular weight is 621 g/mol. The van der Waals surface area contributed by atoms with Gasteiger partial charge in [-0.05, 0) is 48.5 Å². The van der Waals surface area contributed by atoms with E-state index in [-0.39, 0.29) is 0 Å². The minimum Gasteiger partial charge on any atom is -0.244 e. The molecule has 0 spiro atoms. The van der Waals surface area contributed by atoms with Gasteiger partial charge >= 0.3 is 12.4 Å². The molecule has 40 heavy (non-hydrogen) atoms. The van der Waals surface area contributed by atoms with E-state index < -0.39 is 23.5 Å². The minimum atomic E-state index is -4.38. The summed E-state index contributed by atoms with van der Waals surface area (Å²) in [5.74, 6) is 0. The van der Waals surface area contributed by atoms with Gasteiger partial charge in [-0.3, -0.25) is 0 Å². The van der Waals surface area contributed by atoms with Gasteiger partial charge in [-0.15, -0.1) is 45.3 Å². The van der Waals surface area contributed by atoms with E-state index in [9.17, 15) is 26.3 Å². The largest absolute Gasteiger partial charge is 0.416 e. The molecule has 0 fully saturated rings. The number of aromatic nitrogens is 2. The van der Waals surface area contributed by atoms with Crippen LogP contribution in [0.5, 0.6) is 0 Å². The molecule has 12 heteroatoms. The maximum absolute atomic E-state index is 12.9. The summed E-state index contributed by atoms with van der Waals surface area (Å²) in [6, 6.07) is 18.0. The van der Waals surface area contributed by atoms with Crippen LogP contribution in [0.25, 0.3) is 50.4 Å². The Kier molecular flexibility index (Phi) is 6.89. The lowest BCUT2D eigenvalue weighted by atomic mass is 10.1. The van der Waals surface area contributed by atoms with E-state index >= 15 is 0 Å². The molecule has 6 aromatic rings. The Morgan fingerprint density at radius 1 is 0.400 bits per heavy atom. The van der Waals surface area contributed by atoms with Crippen molar-refractivity contribution >= 4 is 45.3 Å². The third kappa shape index (κ3) is 5.49. The number of benzene rings is 2. The number of thiophene rings is 2. The molecule has 0 aliphatic carbocycles. The van der Waals surface area contributed by atoms with Gasteiger partial charge in [0, 0.05) is 43.0 Å². The molecule has 6 rings (SSSR count). The van der Waals surface area contributed by atoms with Crippen molar-refractivity contribution in [3.63, 3.8) is 0 Å². The zero-order valence-electron chi connectivity index (χ0n) is 19.9. The Bertz CT molecular complexity index is 1640. The quantitative estimate of drug-likeness (QED) is 0.179. The van der Waals surface area contributed by atoms with Gasteiger partial charge in [0.25, 0.3) is 0 Å². The Labute approximate surface area is 239 Å². The van der Waals surface area contributed by atoms with Gasteiger partial charge in [0.1, 0.15) is 10.0 Å². The van der Waals surface area contributed by atoms with E-state index in [1.807, 2.05) is 24.3 Å². The zero-order chi connectivity index (χ0) is 28.1. The molecule has 0 saturated carbocycles. The number of hydrogen-bond donors (Lipinski definition) is 0. The first-order valence-corrected chi connectivity index (χ1v) is 14.8. The summed E-state index contributed by atoms with van der Waals surface area (Å²) in [5, 5.41) is 1.29. The average Bonchev–Trinajstić information content (AvgIpc) is 3.73. The van der Waals surface area contributed by atoms with Crippen molar-refractivity contribution in [2.75, 3.05) is 0 Å². The van der Waals surface area contributed by atoms with Crippen molar-refractivity contribution in [2.24, 2.45) is 0 Å². The normalized spacial score (nSPS) is 12.2. The molecular formula is C28H14F6N2S4. The van der Waals surface area contributed by atoms with Gasteiger partial charge in [0.2, 0.25) is 0 Å². The number of thiazole rings is 2. The summed E-state index contributed by atoms with van der Waals surface area (Å²) in [6.45, 7) is 0. The second-order valence-corrected chi connectivity index (χ2v) is 12.8. The molecule has 0 saturated heterocycles. The SMILES string of the molecule is FC(F)(F)c1ccc(-c2ncc(-c3ccc(-c4ccc(-c5cnc(-c6ccc(C(F)(F)F)cc6)s5)s4)s3)s2)cc1. The molecule has 4 aromatic heterocycles. The van der Waals surface area contributed by atoms with Crippen molar-refractivity contribution in [1.82, 2.24) is 9.97 Å². The molecule has 0 aliphatic heterocycles. The van der Waals surface area contributed by atoms with Crippen molar-refractivity contribution < 1.29 is 26.3 Å². The second kappa shape index (κ2) is 10.3. The molecule has 0 N–H and O–H groups in total. The second-order valence-electron chi connectivity index (χ2n) is 8.54. The highest BCUT2D eigenvalue weighted by atomic mass is 32.1. The standard InChI is InChI=1S/C28H14F6N2S4/c29-27(30,31)17-5-1-15(2-6-17)25-35-13-23(39-25)21-11-9-19(37-21)20-10-12-22(38-20)24-14-36-26(40-24)16-3-7-18(8-4-16)28(32,33)34/h1-14H. The summed E-state index contributed by atoms with van der Waals surface area (Å²) in [7, 11) is 0. The number of alkyl halides is 6. The van der Waals surface area contributed by atoms with Crippen LogP contribution in [0.4, 0.5) is 26.3 Å². The minimum absolute atomic E-state index is 0.629. The van der Waals surface area contributed by atoms with Gasteiger partial charge < -0.3 is 0 Å². The van der Waals surface area contributed by atoms with Crippen LogP contribution < -0.4 is 0 Å². The van der Waals surface area contributed by atoms with Gasteiger partial charge in [-0.2, -0.15) is 26.3 Å². The van der Waals surface area contributed by atoms with Crippen molar-refractivity contribution in [1.29, 1.82) is 0 Å². The monoisotopic (exact) mass is 620 g/mol. The van der Waals surface area contributed by atoms with Crippen molar-refractivity contribution in [2.45, 2.75) is 12.4 Å². The number of nitrogens with zero attached hydrogens (tertiary/aromatic N) is 2. The van der Waals surface area contributed by atoms with E-state index in [1.165, 1.54) is 46.9 Å². The Morgan fingerprint density at radius 2 is 0.725 bits per heavy atom. The van der Waals surface area contributed by atoms with Crippen LogP contribution in [0, 0.1) is 0 Å². The molecule has 0 aliphatic rings. The first kappa shape index (κ1) is 26.9. The van der Waals surface area contributed by atoms with Crippen LogP contribution in [-0.2, 0) is 12.4 Å². The van der Waals surface area contributed by atoms with Crippen LogP contribution in [0.2, 0.25) is 0 Å². The van der Waals surface area contributed by atoms with E-state index in [4.69, 9.17) is 0 Å². The smallest absolute Gasteiger partial charge is 0.244 e. The summed E-state index contributed by atoms with van der Waals surface area (Å²) in [4.78, 5) is 14.8. The molecule has 0 bridgehead atoms. The molecule has 0 radical (unpaired) electrons. The Balaban J connectivity index is 1.18. The molecule has 2 aromatic carbocycles. The van der Waals surface area contributed by atoms with Crippen molar-refractivity contribution in [3.05, 3.63) is 96.3 Å². The predicted octanol–water partition coefficient (Wildman–Crippen LogP) is 11.1. The number of halogens is 6. The Morgan fingerprint density at radius 3 is 1.05 bits per heavy atom.